The van der Waals surface area contributed by atoms with Gasteiger partial charge < -0.3 is 5.32 Å². The van der Waals surface area contributed by atoms with E-state index in [1.165, 1.54) is 30.4 Å². The molecule has 1 aromatic carbocycles. The van der Waals surface area contributed by atoms with Crippen LogP contribution in [0.4, 0.5) is 0 Å². The maximum atomic E-state index is 3.33. The van der Waals surface area contributed by atoms with Crippen LogP contribution >= 0.6 is 0 Å². The summed E-state index contributed by atoms with van der Waals surface area (Å²) in [5.74, 6) is 0.838. The van der Waals surface area contributed by atoms with E-state index in [4.69, 9.17) is 0 Å². The Kier molecular flexibility index (Phi) is 4.81. The van der Waals surface area contributed by atoms with Crippen LogP contribution in [0, 0.1) is 0 Å². The van der Waals surface area contributed by atoms with Gasteiger partial charge in [-0.05, 0) is 49.4 Å². The summed E-state index contributed by atoms with van der Waals surface area (Å²) in [4.78, 5) is 0. The third-order valence-corrected chi connectivity index (χ3v) is 3.54. The molecule has 0 heterocycles. The Bertz CT molecular complexity index is 364. The Morgan fingerprint density at radius 2 is 2.24 bits per heavy atom. The molecule has 92 valence electrons. The SMILES string of the molecule is CCNCC/C=C/c1cccc(C2CCC2)c1. The Balaban J connectivity index is 1.87. The Morgan fingerprint density at radius 1 is 1.35 bits per heavy atom. The van der Waals surface area contributed by atoms with Crippen molar-refractivity contribution in [3.05, 3.63) is 41.5 Å². The summed E-state index contributed by atoms with van der Waals surface area (Å²) in [6.45, 7) is 4.28. The molecule has 1 saturated carbocycles. The van der Waals surface area contributed by atoms with Crippen molar-refractivity contribution >= 4 is 6.08 Å². The summed E-state index contributed by atoms with van der Waals surface area (Å²) < 4.78 is 0. The maximum absolute atomic E-state index is 3.33. The maximum Gasteiger partial charge on any atom is -0.00143 e. The normalized spacial score (nSPS) is 16.3. The van der Waals surface area contributed by atoms with E-state index in [0.717, 1.165) is 25.4 Å². The first kappa shape index (κ1) is 12.4. The minimum absolute atomic E-state index is 0.838. The molecule has 1 aliphatic rings. The zero-order valence-corrected chi connectivity index (χ0v) is 10.8. The highest BCUT2D eigenvalue weighted by Gasteiger charge is 2.18. The van der Waals surface area contributed by atoms with Crippen LogP contribution in [-0.4, -0.2) is 13.1 Å². The highest BCUT2D eigenvalue weighted by molar-refractivity contribution is 5.50. The van der Waals surface area contributed by atoms with Crippen LogP contribution in [0.25, 0.3) is 6.08 Å². The van der Waals surface area contributed by atoms with Crippen LogP contribution < -0.4 is 5.32 Å². The van der Waals surface area contributed by atoms with Gasteiger partial charge in [0.05, 0.1) is 0 Å². The molecule has 0 saturated heterocycles. The second-order valence-corrected chi connectivity index (χ2v) is 4.84. The van der Waals surface area contributed by atoms with Gasteiger partial charge in [0.1, 0.15) is 0 Å². The van der Waals surface area contributed by atoms with Gasteiger partial charge in [0.2, 0.25) is 0 Å². The first-order chi connectivity index (χ1) is 8.40. The highest BCUT2D eigenvalue weighted by Crippen LogP contribution is 2.36. The van der Waals surface area contributed by atoms with Gasteiger partial charge in [-0.2, -0.15) is 0 Å². The summed E-state index contributed by atoms with van der Waals surface area (Å²) in [6, 6.07) is 9.02. The number of hydrogen-bond acceptors (Lipinski definition) is 1. The van der Waals surface area contributed by atoms with Crippen molar-refractivity contribution in [2.24, 2.45) is 0 Å². The van der Waals surface area contributed by atoms with Crippen molar-refractivity contribution in [2.75, 3.05) is 13.1 Å². The van der Waals surface area contributed by atoms with Crippen molar-refractivity contribution in [1.29, 1.82) is 0 Å². The van der Waals surface area contributed by atoms with Crippen LogP contribution in [-0.2, 0) is 0 Å². The Hall–Kier alpha value is -1.08. The minimum Gasteiger partial charge on any atom is -0.317 e. The average Bonchev–Trinajstić information content (AvgIpc) is 2.27. The van der Waals surface area contributed by atoms with Gasteiger partial charge in [-0.25, -0.2) is 0 Å². The molecule has 0 bridgehead atoms. The average molecular weight is 229 g/mol. The fourth-order valence-corrected chi connectivity index (χ4v) is 2.24. The largest absolute Gasteiger partial charge is 0.317 e. The van der Waals surface area contributed by atoms with E-state index in [1.54, 1.807) is 0 Å². The third-order valence-electron chi connectivity index (χ3n) is 3.54. The molecule has 0 spiro atoms. The monoisotopic (exact) mass is 229 g/mol. The van der Waals surface area contributed by atoms with Gasteiger partial charge in [-0.15, -0.1) is 0 Å². The zero-order valence-electron chi connectivity index (χ0n) is 10.8. The molecule has 0 unspecified atom stereocenters. The summed E-state index contributed by atoms with van der Waals surface area (Å²) in [5.41, 5.74) is 2.89. The van der Waals surface area contributed by atoms with Crippen molar-refractivity contribution < 1.29 is 0 Å². The van der Waals surface area contributed by atoms with E-state index in [9.17, 15) is 0 Å². The lowest BCUT2D eigenvalue weighted by Gasteiger charge is -2.25. The predicted octanol–water partition coefficient (Wildman–Crippen LogP) is 3.97. The van der Waals surface area contributed by atoms with Crippen LogP contribution in [0.2, 0.25) is 0 Å². The van der Waals surface area contributed by atoms with Gasteiger partial charge in [0.15, 0.2) is 0 Å². The van der Waals surface area contributed by atoms with Gasteiger partial charge in [-0.1, -0.05) is 49.8 Å². The fraction of sp³-hybridized carbons (Fsp3) is 0.500. The van der Waals surface area contributed by atoms with E-state index in [0.29, 0.717) is 0 Å². The fourth-order valence-electron chi connectivity index (χ4n) is 2.24. The number of nitrogens with one attached hydrogen (secondary N) is 1. The van der Waals surface area contributed by atoms with Gasteiger partial charge >= 0.3 is 0 Å². The molecule has 1 fully saturated rings. The summed E-state index contributed by atoms with van der Waals surface area (Å²) in [6.07, 6.45) is 9.80. The highest BCUT2D eigenvalue weighted by atomic mass is 14.8. The lowest BCUT2D eigenvalue weighted by Crippen LogP contribution is -2.12. The van der Waals surface area contributed by atoms with Crippen LogP contribution in [0.3, 0.4) is 0 Å². The van der Waals surface area contributed by atoms with Crippen molar-refractivity contribution in [3.63, 3.8) is 0 Å². The standard InChI is InChI=1S/C16H23N/c1-2-17-12-4-3-7-14-8-5-11-16(13-14)15-9-6-10-15/h3,5,7-8,11,13,15,17H,2,4,6,9-10,12H2,1H3/b7-3+. The molecule has 17 heavy (non-hydrogen) atoms. The van der Waals surface area contributed by atoms with E-state index in [1.807, 2.05) is 0 Å². The zero-order chi connectivity index (χ0) is 11.9. The first-order valence-electron chi connectivity index (χ1n) is 6.87. The van der Waals surface area contributed by atoms with E-state index >= 15 is 0 Å². The second kappa shape index (κ2) is 6.61. The molecule has 0 radical (unpaired) electrons. The van der Waals surface area contributed by atoms with Gasteiger partial charge in [-0.3, -0.25) is 0 Å². The van der Waals surface area contributed by atoms with Crippen LogP contribution in [0.15, 0.2) is 30.3 Å². The number of hydrogen-bond donors (Lipinski definition) is 1. The molecule has 0 aliphatic heterocycles. The first-order valence-corrected chi connectivity index (χ1v) is 6.87. The Labute approximate surface area is 105 Å². The number of benzene rings is 1. The lowest BCUT2D eigenvalue weighted by atomic mass is 9.80. The molecule has 1 N–H and O–H groups in total. The summed E-state index contributed by atoms with van der Waals surface area (Å²) in [7, 11) is 0. The molecule has 0 atom stereocenters. The number of rotatable bonds is 6. The van der Waals surface area contributed by atoms with Gasteiger partial charge in [0.25, 0.3) is 0 Å². The molecule has 1 heteroatoms. The van der Waals surface area contributed by atoms with E-state index in [2.05, 4.69) is 48.7 Å². The molecule has 1 aliphatic carbocycles. The lowest BCUT2D eigenvalue weighted by molar-refractivity contribution is 0.420. The minimum atomic E-state index is 0.838. The second-order valence-electron chi connectivity index (χ2n) is 4.84. The topological polar surface area (TPSA) is 12.0 Å². The van der Waals surface area contributed by atoms with Gasteiger partial charge in [0, 0.05) is 0 Å². The van der Waals surface area contributed by atoms with Crippen molar-refractivity contribution in [1.82, 2.24) is 5.32 Å². The predicted molar refractivity (Wildman–Crippen MR) is 75.2 cm³/mol. The summed E-state index contributed by atoms with van der Waals surface area (Å²) >= 11 is 0. The molecule has 2 rings (SSSR count). The molecule has 1 nitrogen and oxygen atoms in total. The van der Waals surface area contributed by atoms with E-state index < -0.39 is 0 Å². The quantitative estimate of drug-likeness (QED) is 0.728. The van der Waals surface area contributed by atoms with Crippen LogP contribution in [0.1, 0.15) is 49.7 Å². The molecular formula is C16H23N. The van der Waals surface area contributed by atoms with Crippen LogP contribution in [0.5, 0.6) is 0 Å². The van der Waals surface area contributed by atoms with E-state index in [-0.39, 0.29) is 0 Å². The summed E-state index contributed by atoms with van der Waals surface area (Å²) in [5, 5.41) is 3.33. The van der Waals surface area contributed by atoms with Crippen molar-refractivity contribution in [2.45, 2.75) is 38.5 Å². The molecule has 0 amide bonds. The molecular weight excluding hydrogens is 206 g/mol. The molecule has 0 aromatic heterocycles. The van der Waals surface area contributed by atoms with Crippen molar-refractivity contribution in [3.8, 4) is 0 Å². The molecule has 1 aromatic rings. The smallest absolute Gasteiger partial charge is 0.00143 e. The Morgan fingerprint density at radius 3 is 2.94 bits per heavy atom. The third kappa shape index (κ3) is 3.71.